The van der Waals surface area contributed by atoms with E-state index in [0.717, 1.165) is 16.5 Å². The first-order chi connectivity index (χ1) is 17.0. The van der Waals surface area contributed by atoms with Crippen LogP contribution in [0.4, 0.5) is 10.2 Å². The van der Waals surface area contributed by atoms with E-state index in [9.17, 15) is 9.18 Å². The number of benzene rings is 2. The zero-order chi connectivity index (χ0) is 24.1. The van der Waals surface area contributed by atoms with Crippen LogP contribution in [0.2, 0.25) is 0 Å². The number of para-hydroxylation sites is 1. The fraction of sp³-hybridized carbons (Fsp3) is 0.115. The van der Waals surface area contributed by atoms with Crippen LogP contribution in [-0.4, -0.2) is 37.1 Å². The molecule has 172 valence electrons. The lowest BCUT2D eigenvalue weighted by atomic mass is 10.1. The molecule has 1 aliphatic heterocycles. The third-order valence-corrected chi connectivity index (χ3v) is 6.24. The van der Waals surface area contributed by atoms with Crippen molar-refractivity contribution >= 4 is 39.4 Å². The van der Waals surface area contributed by atoms with Gasteiger partial charge in [0.15, 0.2) is 5.65 Å². The summed E-state index contributed by atoms with van der Waals surface area (Å²) in [6.07, 6.45) is 4.99. The number of hydrogen-bond acceptors (Lipinski definition) is 6. The maximum atomic E-state index is 14.9. The Bertz CT molecular complexity index is 1760. The maximum absolute atomic E-state index is 14.9. The lowest BCUT2D eigenvalue weighted by Crippen LogP contribution is -2.25. The zero-order valence-electron chi connectivity index (χ0n) is 18.8. The minimum Gasteiger partial charge on any atom is -0.383 e. The predicted molar refractivity (Wildman–Crippen MR) is 134 cm³/mol. The van der Waals surface area contributed by atoms with Crippen molar-refractivity contribution in [3.05, 3.63) is 94.1 Å². The van der Waals surface area contributed by atoms with Crippen LogP contribution in [0.25, 0.3) is 33.1 Å². The van der Waals surface area contributed by atoms with Gasteiger partial charge < -0.3 is 5.73 Å². The van der Waals surface area contributed by atoms with Crippen molar-refractivity contribution in [1.82, 2.24) is 24.3 Å². The van der Waals surface area contributed by atoms with Gasteiger partial charge in [-0.25, -0.2) is 19.0 Å². The summed E-state index contributed by atoms with van der Waals surface area (Å²) >= 11 is 0. The highest BCUT2D eigenvalue weighted by Gasteiger charge is 2.22. The summed E-state index contributed by atoms with van der Waals surface area (Å²) in [5.41, 5.74) is 9.54. The smallest absolute Gasteiger partial charge is 0.263 e. The van der Waals surface area contributed by atoms with Gasteiger partial charge in [-0.2, -0.15) is 5.10 Å². The number of allylic oxidation sites excluding steroid dienone is 1. The van der Waals surface area contributed by atoms with Gasteiger partial charge in [-0.15, -0.1) is 0 Å². The summed E-state index contributed by atoms with van der Waals surface area (Å²) in [5, 5.41) is 6.73. The number of halogens is 1. The van der Waals surface area contributed by atoms with E-state index in [0.29, 0.717) is 40.2 Å². The fourth-order valence-corrected chi connectivity index (χ4v) is 4.62. The van der Waals surface area contributed by atoms with E-state index >= 15 is 0 Å². The third kappa shape index (κ3) is 3.31. The number of pyridine rings is 1. The van der Waals surface area contributed by atoms with E-state index < -0.39 is 5.82 Å². The number of fused-ring (bicyclic) bond motifs is 2. The average molecular weight is 465 g/mol. The molecule has 0 fully saturated rings. The molecule has 1 aliphatic rings. The first-order valence-electron chi connectivity index (χ1n) is 11.1. The van der Waals surface area contributed by atoms with Gasteiger partial charge >= 0.3 is 0 Å². The Kier molecular flexibility index (Phi) is 4.77. The number of rotatable bonds is 4. The van der Waals surface area contributed by atoms with Crippen molar-refractivity contribution in [1.29, 1.82) is 0 Å². The van der Waals surface area contributed by atoms with Crippen molar-refractivity contribution in [3.8, 4) is 5.69 Å². The van der Waals surface area contributed by atoms with E-state index in [1.165, 1.54) is 17.0 Å². The van der Waals surface area contributed by atoms with Crippen molar-refractivity contribution < 1.29 is 4.39 Å². The molecule has 0 unspecified atom stereocenters. The molecule has 0 aliphatic carbocycles. The van der Waals surface area contributed by atoms with Crippen molar-refractivity contribution in [3.63, 3.8) is 0 Å². The molecule has 4 heterocycles. The fourth-order valence-electron chi connectivity index (χ4n) is 4.62. The van der Waals surface area contributed by atoms with Crippen LogP contribution >= 0.6 is 0 Å². The summed E-state index contributed by atoms with van der Waals surface area (Å²) in [6, 6.07) is 13.8. The summed E-state index contributed by atoms with van der Waals surface area (Å²) in [4.78, 5) is 26.6. The molecule has 5 aromatic rings. The highest BCUT2D eigenvalue weighted by Crippen LogP contribution is 2.29. The van der Waals surface area contributed by atoms with Gasteiger partial charge in [-0.1, -0.05) is 30.3 Å². The Morgan fingerprint density at radius 2 is 1.94 bits per heavy atom. The van der Waals surface area contributed by atoms with Crippen molar-refractivity contribution in [2.24, 2.45) is 4.99 Å². The molecule has 6 rings (SSSR count). The largest absolute Gasteiger partial charge is 0.383 e. The minimum absolute atomic E-state index is 0.161. The average Bonchev–Trinajstić information content (AvgIpc) is 3.49. The highest BCUT2D eigenvalue weighted by atomic mass is 19.1. The molecule has 0 bridgehead atoms. The van der Waals surface area contributed by atoms with Crippen molar-refractivity contribution in [2.75, 3.05) is 12.3 Å². The van der Waals surface area contributed by atoms with E-state index in [1.54, 1.807) is 29.1 Å². The Balaban J connectivity index is 1.62. The Hall–Kier alpha value is -4.66. The van der Waals surface area contributed by atoms with Crippen LogP contribution in [0, 0.1) is 12.7 Å². The van der Waals surface area contributed by atoms with Gasteiger partial charge in [0.2, 0.25) is 0 Å². The zero-order valence-corrected chi connectivity index (χ0v) is 18.8. The Labute approximate surface area is 198 Å². The van der Waals surface area contributed by atoms with Gasteiger partial charge in [-0.05, 0) is 42.1 Å². The Morgan fingerprint density at radius 1 is 1.09 bits per heavy atom. The second-order valence-electron chi connectivity index (χ2n) is 8.41. The second-order valence-corrected chi connectivity index (χ2v) is 8.41. The van der Waals surface area contributed by atoms with Gasteiger partial charge in [0, 0.05) is 17.5 Å². The number of nitrogens with zero attached hydrogens (tertiary/aromatic N) is 6. The van der Waals surface area contributed by atoms with Crippen LogP contribution in [0.1, 0.15) is 17.0 Å². The molecule has 0 radical (unpaired) electrons. The monoisotopic (exact) mass is 465 g/mol. The lowest BCUT2D eigenvalue weighted by molar-refractivity contribution is 0.606. The summed E-state index contributed by atoms with van der Waals surface area (Å²) in [7, 11) is 0. The molecular weight excluding hydrogens is 445 g/mol. The molecule has 3 aromatic heterocycles. The predicted octanol–water partition coefficient (Wildman–Crippen LogP) is 3.68. The molecule has 8 nitrogen and oxygen atoms in total. The van der Waals surface area contributed by atoms with Gasteiger partial charge in [0.1, 0.15) is 23.7 Å². The summed E-state index contributed by atoms with van der Waals surface area (Å²) in [5.74, 6) is -0.181. The van der Waals surface area contributed by atoms with Crippen LogP contribution in [0.3, 0.4) is 0 Å². The van der Waals surface area contributed by atoms with Gasteiger partial charge in [0.25, 0.3) is 5.56 Å². The van der Waals surface area contributed by atoms with E-state index in [4.69, 9.17) is 10.8 Å². The quantitative estimate of drug-likeness (QED) is 0.436. The van der Waals surface area contributed by atoms with E-state index in [2.05, 4.69) is 15.0 Å². The number of hydrogen-bond donors (Lipinski definition) is 1. The molecule has 0 spiro atoms. The van der Waals surface area contributed by atoms with Gasteiger partial charge in [0.05, 0.1) is 29.5 Å². The molecule has 35 heavy (non-hydrogen) atoms. The summed E-state index contributed by atoms with van der Waals surface area (Å²) < 4.78 is 18.0. The Morgan fingerprint density at radius 3 is 2.74 bits per heavy atom. The van der Waals surface area contributed by atoms with Crippen LogP contribution in [0.15, 0.2) is 70.7 Å². The van der Waals surface area contributed by atoms with Crippen LogP contribution in [0.5, 0.6) is 0 Å². The molecule has 0 saturated carbocycles. The number of nitrogen functional groups attached to an aromatic ring is 1. The molecule has 2 N–H and O–H groups in total. The standard InChI is InChI=1S/C26H20FN7O/c1-15-5-4-6-16-11-18(34(26(35)21(15)16)20-8-3-2-7-19(20)27)13-33-25-22(24(28)30-14-31-25)23(32-33)17-9-10-29-12-17/h2-11,14H,12-13H2,1H3,(H2,28,30,31). The normalized spacial score (nSPS) is 13.1. The first kappa shape index (κ1) is 20.9. The molecule has 0 saturated heterocycles. The van der Waals surface area contributed by atoms with E-state index in [1.807, 2.05) is 37.3 Å². The van der Waals surface area contributed by atoms with Crippen LogP contribution < -0.4 is 11.3 Å². The summed E-state index contributed by atoms with van der Waals surface area (Å²) in [6.45, 7) is 2.52. The first-order valence-corrected chi connectivity index (χ1v) is 11.1. The number of aryl methyl sites for hydroxylation is 1. The minimum atomic E-state index is -0.491. The molecule has 0 atom stereocenters. The van der Waals surface area contributed by atoms with Crippen LogP contribution in [-0.2, 0) is 6.54 Å². The molecular formula is C26H20FN7O. The highest BCUT2D eigenvalue weighted by molar-refractivity contribution is 6.00. The van der Waals surface area contributed by atoms with Crippen molar-refractivity contribution in [2.45, 2.75) is 13.5 Å². The number of aliphatic imine (C=N–C) groups is 1. The van der Waals surface area contributed by atoms with E-state index in [-0.39, 0.29) is 17.8 Å². The molecule has 9 heteroatoms. The van der Waals surface area contributed by atoms with Gasteiger partial charge in [-0.3, -0.25) is 14.4 Å². The number of anilines is 1. The maximum Gasteiger partial charge on any atom is 0.263 e. The molecule has 0 amide bonds. The second kappa shape index (κ2) is 7.98. The number of aromatic nitrogens is 5. The SMILES string of the molecule is Cc1cccc2cc(Cn3nc(C4=CC=NC4)c4c(N)ncnc43)n(-c3ccccc3F)c(=O)c12. The molecule has 2 aromatic carbocycles. The lowest BCUT2D eigenvalue weighted by Gasteiger charge is -2.16. The third-order valence-electron chi connectivity index (χ3n) is 6.24. The topological polar surface area (TPSA) is 104 Å². The number of nitrogens with two attached hydrogens (primary N) is 1.